The van der Waals surface area contributed by atoms with Gasteiger partial charge in [0.15, 0.2) is 17.2 Å². The van der Waals surface area contributed by atoms with E-state index >= 15 is 0 Å². The Balaban J connectivity index is 2.57. The largest absolute Gasteiger partial charge is 0.461 e. The molecule has 0 spiro atoms. The van der Waals surface area contributed by atoms with Crippen molar-refractivity contribution >= 4 is 27.7 Å². The maximum absolute atomic E-state index is 13.1. The van der Waals surface area contributed by atoms with Gasteiger partial charge >= 0.3 is 12.1 Å². The molecule has 1 aromatic heterocycles. The first-order chi connectivity index (χ1) is 10.8. The first-order valence-electron chi connectivity index (χ1n) is 6.38. The van der Waals surface area contributed by atoms with Gasteiger partial charge in [0.2, 0.25) is 0 Å². The monoisotopic (exact) mass is 390 g/mol. The molecule has 0 fully saturated rings. The van der Waals surface area contributed by atoms with Crippen LogP contribution in [0.1, 0.15) is 39.0 Å². The van der Waals surface area contributed by atoms with E-state index in [9.17, 15) is 22.8 Å². The van der Waals surface area contributed by atoms with Gasteiger partial charge in [-0.05, 0) is 31.2 Å². The molecule has 0 amide bonds. The number of ketones is 1. The van der Waals surface area contributed by atoms with Gasteiger partial charge in [0.25, 0.3) is 0 Å². The molecule has 122 valence electrons. The van der Waals surface area contributed by atoms with Crippen LogP contribution in [-0.4, -0.2) is 28.6 Å². The van der Waals surface area contributed by atoms with Crippen molar-refractivity contribution < 1.29 is 27.5 Å². The number of hydrogen-bond acceptors (Lipinski definition) is 4. The molecule has 5 nitrogen and oxygen atoms in total. The molecule has 0 saturated heterocycles. The average molecular weight is 391 g/mol. The lowest BCUT2D eigenvalue weighted by molar-refractivity contribution is -0.141. The normalized spacial score (nSPS) is 11.3. The number of esters is 1. The highest BCUT2D eigenvalue weighted by Gasteiger charge is 2.41. The lowest BCUT2D eigenvalue weighted by Crippen LogP contribution is -2.17. The van der Waals surface area contributed by atoms with E-state index in [0.29, 0.717) is 4.47 Å². The van der Waals surface area contributed by atoms with Gasteiger partial charge in [-0.2, -0.15) is 18.3 Å². The third-order valence-corrected chi connectivity index (χ3v) is 3.38. The van der Waals surface area contributed by atoms with Crippen LogP contribution in [0.25, 0.3) is 0 Å². The zero-order valence-corrected chi connectivity index (χ0v) is 13.3. The fourth-order valence-corrected chi connectivity index (χ4v) is 2.13. The highest BCUT2D eigenvalue weighted by atomic mass is 79.9. The number of rotatable bonds is 4. The summed E-state index contributed by atoms with van der Waals surface area (Å²) in [7, 11) is 0. The van der Waals surface area contributed by atoms with Crippen LogP contribution in [0.4, 0.5) is 13.2 Å². The first-order valence-corrected chi connectivity index (χ1v) is 7.18. The van der Waals surface area contributed by atoms with Crippen molar-refractivity contribution in [2.24, 2.45) is 0 Å². The van der Waals surface area contributed by atoms with Gasteiger partial charge in [-0.25, -0.2) is 4.79 Å². The van der Waals surface area contributed by atoms with Crippen LogP contribution in [0.5, 0.6) is 0 Å². The second-order valence-electron chi connectivity index (χ2n) is 4.38. The summed E-state index contributed by atoms with van der Waals surface area (Å²) in [5.41, 5.74) is -2.93. The van der Waals surface area contributed by atoms with E-state index in [1.807, 2.05) is 0 Å². The van der Waals surface area contributed by atoms with Crippen molar-refractivity contribution in [2.45, 2.75) is 13.1 Å². The lowest BCUT2D eigenvalue weighted by atomic mass is 10.0. The highest BCUT2D eigenvalue weighted by Crippen LogP contribution is 2.33. The highest BCUT2D eigenvalue weighted by molar-refractivity contribution is 9.10. The number of carbonyl (C=O) groups excluding carboxylic acids is 2. The summed E-state index contributed by atoms with van der Waals surface area (Å²) < 4.78 is 44.5. The number of ether oxygens (including phenoxy) is 1. The van der Waals surface area contributed by atoms with Gasteiger partial charge in [0.05, 0.1) is 12.2 Å². The molecular weight excluding hydrogens is 381 g/mol. The molecule has 0 aliphatic rings. The molecule has 9 heteroatoms. The lowest BCUT2D eigenvalue weighted by Gasteiger charge is -2.08. The number of hydrogen-bond donors (Lipinski definition) is 1. The molecule has 0 radical (unpaired) electrons. The molecule has 1 aromatic carbocycles. The summed E-state index contributed by atoms with van der Waals surface area (Å²) in [4.78, 5) is 24.2. The van der Waals surface area contributed by atoms with E-state index in [-0.39, 0.29) is 12.2 Å². The Morgan fingerprint density at radius 1 is 1.26 bits per heavy atom. The van der Waals surface area contributed by atoms with Gasteiger partial charge < -0.3 is 4.74 Å². The SMILES string of the molecule is CCOC(=O)c1n[nH]c(C(F)(F)F)c1C(=O)c1ccc(Br)cc1. The Morgan fingerprint density at radius 2 is 1.87 bits per heavy atom. The van der Waals surface area contributed by atoms with Crippen LogP contribution >= 0.6 is 15.9 Å². The second-order valence-corrected chi connectivity index (χ2v) is 5.29. The van der Waals surface area contributed by atoms with Crippen molar-refractivity contribution in [3.63, 3.8) is 0 Å². The molecule has 23 heavy (non-hydrogen) atoms. The Hall–Kier alpha value is -2.16. The minimum atomic E-state index is -4.86. The van der Waals surface area contributed by atoms with E-state index in [1.165, 1.54) is 31.2 Å². The molecule has 0 atom stereocenters. The van der Waals surface area contributed by atoms with E-state index < -0.39 is 34.9 Å². The van der Waals surface area contributed by atoms with Gasteiger partial charge in [-0.1, -0.05) is 15.9 Å². The second kappa shape index (κ2) is 6.53. The van der Waals surface area contributed by atoms with Crippen LogP contribution in [0.3, 0.4) is 0 Å². The van der Waals surface area contributed by atoms with Crippen LogP contribution in [0.15, 0.2) is 28.7 Å². The summed E-state index contributed by atoms with van der Waals surface area (Å²) in [6.07, 6.45) is -4.86. The summed E-state index contributed by atoms with van der Waals surface area (Å²) in [6, 6.07) is 5.69. The van der Waals surface area contributed by atoms with Crippen molar-refractivity contribution in [2.75, 3.05) is 6.61 Å². The van der Waals surface area contributed by atoms with Crippen LogP contribution in [0.2, 0.25) is 0 Å². The number of nitrogens with zero attached hydrogens (tertiary/aromatic N) is 1. The van der Waals surface area contributed by atoms with Gasteiger partial charge in [-0.3, -0.25) is 9.89 Å². The number of benzene rings is 1. The van der Waals surface area contributed by atoms with Crippen molar-refractivity contribution in [3.05, 3.63) is 51.3 Å². The molecule has 0 saturated carbocycles. The topological polar surface area (TPSA) is 72.0 Å². The molecule has 2 rings (SSSR count). The zero-order chi connectivity index (χ0) is 17.2. The molecule has 0 bridgehead atoms. The van der Waals surface area contributed by atoms with Crippen LogP contribution in [0, 0.1) is 0 Å². The summed E-state index contributed by atoms with van der Waals surface area (Å²) in [6.45, 7) is 1.43. The third-order valence-electron chi connectivity index (χ3n) is 2.85. The smallest absolute Gasteiger partial charge is 0.433 e. The number of H-pyrrole nitrogens is 1. The van der Waals surface area contributed by atoms with E-state index in [2.05, 4.69) is 25.8 Å². The quantitative estimate of drug-likeness (QED) is 0.639. The van der Waals surface area contributed by atoms with E-state index in [4.69, 9.17) is 0 Å². The number of alkyl halides is 3. The van der Waals surface area contributed by atoms with Gasteiger partial charge in [0, 0.05) is 10.0 Å². The van der Waals surface area contributed by atoms with E-state index in [0.717, 1.165) is 0 Å². The van der Waals surface area contributed by atoms with Crippen LogP contribution < -0.4 is 0 Å². The Bertz CT molecular complexity index is 739. The van der Waals surface area contributed by atoms with Crippen LogP contribution in [-0.2, 0) is 10.9 Å². The molecular formula is C14H10BrF3N2O3. The fraction of sp³-hybridized carbons (Fsp3) is 0.214. The zero-order valence-electron chi connectivity index (χ0n) is 11.7. The molecule has 0 aliphatic carbocycles. The number of aromatic nitrogens is 2. The molecule has 1 N–H and O–H groups in total. The molecule has 2 aromatic rings. The predicted octanol–water partition coefficient (Wildman–Crippen LogP) is 3.60. The average Bonchev–Trinajstić information content (AvgIpc) is 2.92. The Labute approximate surface area is 137 Å². The Morgan fingerprint density at radius 3 is 2.39 bits per heavy atom. The van der Waals surface area contributed by atoms with E-state index in [1.54, 1.807) is 5.10 Å². The molecule has 0 unspecified atom stereocenters. The van der Waals surface area contributed by atoms with Crippen molar-refractivity contribution in [1.29, 1.82) is 0 Å². The fourth-order valence-electron chi connectivity index (χ4n) is 1.86. The van der Waals surface area contributed by atoms with Crippen molar-refractivity contribution in [3.8, 4) is 0 Å². The number of aromatic amines is 1. The predicted molar refractivity (Wildman–Crippen MR) is 77.1 cm³/mol. The number of halogens is 4. The van der Waals surface area contributed by atoms with Gasteiger partial charge in [0.1, 0.15) is 0 Å². The Kier molecular flexibility index (Phi) is 4.88. The summed E-state index contributed by atoms with van der Waals surface area (Å²) in [5.74, 6) is -2.07. The first kappa shape index (κ1) is 17.2. The molecule has 0 aliphatic heterocycles. The number of nitrogens with one attached hydrogen (secondary N) is 1. The van der Waals surface area contributed by atoms with Gasteiger partial charge in [-0.15, -0.1) is 0 Å². The molecule has 1 heterocycles. The minimum Gasteiger partial charge on any atom is -0.461 e. The standard InChI is InChI=1S/C14H10BrF3N2O3/c1-2-23-13(22)10-9(12(20-19-10)14(16,17)18)11(21)7-3-5-8(15)6-4-7/h3-6H,2H2,1H3,(H,19,20). The minimum absolute atomic E-state index is 0.00866. The van der Waals surface area contributed by atoms with Crippen molar-refractivity contribution in [1.82, 2.24) is 10.2 Å². The summed E-state index contributed by atoms with van der Waals surface area (Å²) >= 11 is 3.16. The third kappa shape index (κ3) is 3.61. The summed E-state index contributed by atoms with van der Waals surface area (Å²) in [5, 5.41) is 5.03. The number of carbonyl (C=O) groups is 2. The maximum Gasteiger partial charge on any atom is 0.433 e. The maximum atomic E-state index is 13.1.